The summed E-state index contributed by atoms with van der Waals surface area (Å²) in [6.45, 7) is 0.657. The molecule has 0 radical (unpaired) electrons. The maximum absolute atomic E-state index is 11.6. The highest BCUT2D eigenvalue weighted by Gasteiger charge is 2.29. The van der Waals surface area contributed by atoms with Gasteiger partial charge < -0.3 is 14.8 Å². The molecule has 1 atom stereocenters. The molecule has 0 aromatic rings. The first kappa shape index (κ1) is 12.8. The molecule has 1 unspecified atom stereocenters. The second-order valence-electron chi connectivity index (χ2n) is 5.08. The standard InChI is InChI=1S/C13H23NO3/c1-16-13(15)12(14-10-6-7-10)8-9-17-11-4-2-3-5-11/h10-12,14H,2-9H2,1H3. The summed E-state index contributed by atoms with van der Waals surface area (Å²) in [4.78, 5) is 11.6. The Balaban J connectivity index is 1.66. The number of nitrogens with one attached hydrogen (secondary N) is 1. The van der Waals surface area contributed by atoms with Gasteiger partial charge in [-0.2, -0.15) is 0 Å². The van der Waals surface area contributed by atoms with E-state index in [9.17, 15) is 4.79 Å². The van der Waals surface area contributed by atoms with Crippen molar-refractivity contribution in [3.63, 3.8) is 0 Å². The van der Waals surface area contributed by atoms with E-state index in [1.165, 1.54) is 45.6 Å². The van der Waals surface area contributed by atoms with Gasteiger partial charge in [-0.25, -0.2) is 0 Å². The van der Waals surface area contributed by atoms with Crippen LogP contribution in [0.2, 0.25) is 0 Å². The van der Waals surface area contributed by atoms with Gasteiger partial charge in [0.05, 0.1) is 13.2 Å². The normalized spacial score (nSPS) is 22.6. The Labute approximate surface area is 103 Å². The fourth-order valence-electron chi connectivity index (χ4n) is 2.35. The summed E-state index contributed by atoms with van der Waals surface area (Å²) >= 11 is 0. The van der Waals surface area contributed by atoms with Crippen molar-refractivity contribution >= 4 is 5.97 Å². The smallest absolute Gasteiger partial charge is 0.322 e. The summed E-state index contributed by atoms with van der Waals surface area (Å²) in [6.07, 6.45) is 8.43. The van der Waals surface area contributed by atoms with Gasteiger partial charge in [-0.15, -0.1) is 0 Å². The second kappa shape index (κ2) is 6.36. The predicted molar refractivity (Wildman–Crippen MR) is 64.8 cm³/mol. The zero-order chi connectivity index (χ0) is 12.1. The Kier molecular flexibility index (Phi) is 4.80. The number of hydrogen-bond acceptors (Lipinski definition) is 4. The van der Waals surface area contributed by atoms with Gasteiger partial charge in [0.25, 0.3) is 0 Å². The lowest BCUT2D eigenvalue weighted by molar-refractivity contribution is -0.143. The summed E-state index contributed by atoms with van der Waals surface area (Å²) in [5, 5.41) is 3.31. The van der Waals surface area contributed by atoms with E-state index in [-0.39, 0.29) is 12.0 Å². The lowest BCUT2D eigenvalue weighted by atomic mass is 10.2. The molecule has 1 N–H and O–H groups in total. The van der Waals surface area contributed by atoms with Gasteiger partial charge in [0.2, 0.25) is 0 Å². The molecule has 98 valence electrons. The zero-order valence-electron chi connectivity index (χ0n) is 10.6. The highest BCUT2D eigenvalue weighted by atomic mass is 16.5. The minimum absolute atomic E-state index is 0.160. The third-order valence-corrected chi connectivity index (χ3v) is 3.56. The van der Waals surface area contributed by atoms with E-state index in [1.54, 1.807) is 0 Å². The van der Waals surface area contributed by atoms with Crippen LogP contribution in [0, 0.1) is 0 Å². The van der Waals surface area contributed by atoms with Gasteiger partial charge in [-0.05, 0) is 32.1 Å². The lowest BCUT2D eigenvalue weighted by Gasteiger charge is -2.17. The van der Waals surface area contributed by atoms with Gasteiger partial charge >= 0.3 is 5.97 Å². The van der Waals surface area contributed by atoms with Crippen LogP contribution in [0.25, 0.3) is 0 Å². The van der Waals surface area contributed by atoms with Crippen LogP contribution in [0.4, 0.5) is 0 Å². The van der Waals surface area contributed by atoms with Gasteiger partial charge in [0.15, 0.2) is 0 Å². The molecule has 4 nitrogen and oxygen atoms in total. The van der Waals surface area contributed by atoms with Crippen molar-refractivity contribution in [2.75, 3.05) is 13.7 Å². The van der Waals surface area contributed by atoms with Crippen molar-refractivity contribution < 1.29 is 14.3 Å². The minimum Gasteiger partial charge on any atom is -0.468 e. The first-order valence-corrected chi connectivity index (χ1v) is 6.75. The van der Waals surface area contributed by atoms with Gasteiger partial charge in [-0.1, -0.05) is 12.8 Å². The Morgan fingerprint density at radius 1 is 1.29 bits per heavy atom. The molecule has 4 heteroatoms. The van der Waals surface area contributed by atoms with Crippen molar-refractivity contribution in [1.82, 2.24) is 5.32 Å². The second-order valence-corrected chi connectivity index (χ2v) is 5.08. The Morgan fingerprint density at radius 2 is 2.00 bits per heavy atom. The molecule has 0 saturated heterocycles. The topological polar surface area (TPSA) is 47.6 Å². The Morgan fingerprint density at radius 3 is 2.59 bits per heavy atom. The number of carbonyl (C=O) groups excluding carboxylic acids is 1. The monoisotopic (exact) mass is 241 g/mol. The van der Waals surface area contributed by atoms with Crippen LogP contribution in [0.3, 0.4) is 0 Å². The van der Waals surface area contributed by atoms with Crippen molar-refractivity contribution in [2.24, 2.45) is 0 Å². The van der Waals surface area contributed by atoms with Gasteiger partial charge in [0.1, 0.15) is 6.04 Å². The molecule has 17 heavy (non-hydrogen) atoms. The molecule has 2 fully saturated rings. The van der Waals surface area contributed by atoms with Crippen LogP contribution in [-0.4, -0.2) is 37.9 Å². The third-order valence-electron chi connectivity index (χ3n) is 3.56. The summed E-state index contributed by atoms with van der Waals surface area (Å²) < 4.78 is 10.6. The van der Waals surface area contributed by atoms with Crippen LogP contribution in [-0.2, 0) is 14.3 Å². The van der Waals surface area contributed by atoms with Crippen molar-refractivity contribution in [3.05, 3.63) is 0 Å². The van der Waals surface area contributed by atoms with Crippen molar-refractivity contribution in [3.8, 4) is 0 Å². The Bertz CT molecular complexity index is 247. The van der Waals surface area contributed by atoms with E-state index in [4.69, 9.17) is 9.47 Å². The van der Waals surface area contributed by atoms with E-state index >= 15 is 0 Å². The quantitative estimate of drug-likeness (QED) is 0.688. The minimum atomic E-state index is -0.186. The van der Waals surface area contributed by atoms with Crippen LogP contribution < -0.4 is 5.32 Å². The van der Waals surface area contributed by atoms with Crippen molar-refractivity contribution in [1.29, 1.82) is 0 Å². The summed E-state index contributed by atoms with van der Waals surface area (Å²) in [7, 11) is 1.45. The molecular formula is C13H23NO3. The number of carbonyl (C=O) groups is 1. The number of methoxy groups -OCH3 is 1. The van der Waals surface area contributed by atoms with Crippen molar-refractivity contribution in [2.45, 2.75) is 63.1 Å². The van der Waals surface area contributed by atoms with Gasteiger partial charge in [0, 0.05) is 12.6 Å². The van der Waals surface area contributed by atoms with E-state index in [1.807, 2.05) is 0 Å². The summed E-state index contributed by atoms with van der Waals surface area (Å²) in [5.41, 5.74) is 0. The first-order chi connectivity index (χ1) is 8.29. The maximum Gasteiger partial charge on any atom is 0.322 e. The molecular weight excluding hydrogens is 218 g/mol. The summed E-state index contributed by atoms with van der Waals surface area (Å²) in [6, 6.07) is 0.333. The summed E-state index contributed by atoms with van der Waals surface area (Å²) in [5.74, 6) is -0.160. The number of rotatable bonds is 7. The van der Waals surface area contributed by atoms with E-state index in [0.717, 1.165) is 6.42 Å². The number of hydrogen-bond donors (Lipinski definition) is 1. The Hall–Kier alpha value is -0.610. The molecule has 0 heterocycles. The van der Waals surface area contributed by atoms with Crippen LogP contribution >= 0.6 is 0 Å². The number of esters is 1. The van der Waals surface area contributed by atoms with E-state index < -0.39 is 0 Å². The molecule has 0 bridgehead atoms. The molecule has 2 aliphatic carbocycles. The molecule has 0 aliphatic heterocycles. The molecule has 0 amide bonds. The fraction of sp³-hybridized carbons (Fsp3) is 0.923. The fourth-order valence-corrected chi connectivity index (χ4v) is 2.35. The van der Waals surface area contributed by atoms with Crippen LogP contribution in [0.1, 0.15) is 44.9 Å². The SMILES string of the molecule is COC(=O)C(CCOC1CCCC1)NC1CC1. The van der Waals surface area contributed by atoms with E-state index in [0.29, 0.717) is 18.8 Å². The molecule has 2 aliphatic rings. The molecule has 2 rings (SSSR count). The highest BCUT2D eigenvalue weighted by Crippen LogP contribution is 2.22. The van der Waals surface area contributed by atoms with Crippen LogP contribution in [0.5, 0.6) is 0 Å². The van der Waals surface area contributed by atoms with Gasteiger partial charge in [-0.3, -0.25) is 4.79 Å². The predicted octanol–water partition coefficient (Wildman–Crippen LogP) is 1.63. The van der Waals surface area contributed by atoms with Crippen LogP contribution in [0.15, 0.2) is 0 Å². The third kappa shape index (κ3) is 4.28. The largest absolute Gasteiger partial charge is 0.468 e. The zero-order valence-corrected chi connectivity index (χ0v) is 10.6. The average Bonchev–Trinajstić information content (AvgIpc) is 3.01. The number of ether oxygens (including phenoxy) is 2. The molecule has 0 spiro atoms. The molecule has 2 saturated carbocycles. The highest BCUT2D eigenvalue weighted by molar-refractivity contribution is 5.75. The first-order valence-electron chi connectivity index (χ1n) is 6.75. The lowest BCUT2D eigenvalue weighted by Crippen LogP contribution is -2.40. The molecule has 0 aromatic carbocycles. The maximum atomic E-state index is 11.6. The average molecular weight is 241 g/mol. The van der Waals surface area contributed by atoms with E-state index in [2.05, 4.69) is 5.32 Å². The molecule has 0 aromatic heterocycles.